The first kappa shape index (κ1) is 18.6. The van der Waals surface area contributed by atoms with Gasteiger partial charge in [0.05, 0.1) is 24.0 Å². The van der Waals surface area contributed by atoms with Gasteiger partial charge in [0.2, 0.25) is 0 Å². The Labute approximate surface area is 142 Å². The largest absolute Gasteiger partial charge is 0.382 e. The number of H-pyrrole nitrogens is 1. The lowest BCUT2D eigenvalue weighted by molar-refractivity contribution is -0.143. The Hall–Kier alpha value is -1.73. The van der Waals surface area contributed by atoms with Gasteiger partial charge in [-0.25, -0.2) is 5.10 Å². The fourth-order valence-corrected chi connectivity index (χ4v) is 3.30. The van der Waals surface area contributed by atoms with Crippen LogP contribution in [0.3, 0.4) is 0 Å². The molecule has 1 aromatic rings. The number of hydrogen-bond acceptors (Lipinski definition) is 5. The molecule has 134 valence electrons. The number of aromatic amines is 1. The van der Waals surface area contributed by atoms with E-state index < -0.39 is 11.2 Å². The molecule has 0 aromatic carbocycles. The molecule has 1 aliphatic heterocycles. The van der Waals surface area contributed by atoms with Crippen LogP contribution < -0.4 is 5.56 Å². The van der Waals surface area contributed by atoms with Crippen LogP contribution in [0.4, 0.5) is 0 Å². The van der Waals surface area contributed by atoms with Crippen molar-refractivity contribution in [3.8, 4) is 0 Å². The quantitative estimate of drug-likeness (QED) is 0.871. The minimum absolute atomic E-state index is 0.207. The lowest BCUT2D eigenvalue weighted by Gasteiger charge is -2.42. The lowest BCUT2D eigenvalue weighted by atomic mass is 10.00. The van der Waals surface area contributed by atoms with Gasteiger partial charge in [0, 0.05) is 20.2 Å². The summed E-state index contributed by atoms with van der Waals surface area (Å²) in [6.45, 7) is 9.00. The highest BCUT2D eigenvalue weighted by Gasteiger charge is 2.37. The first-order valence-corrected chi connectivity index (χ1v) is 8.39. The number of methoxy groups -OCH3 is 1. The summed E-state index contributed by atoms with van der Waals surface area (Å²) in [5, 5.41) is 6.54. The summed E-state index contributed by atoms with van der Waals surface area (Å²) in [5.74, 6) is -0.261. The maximum absolute atomic E-state index is 13.1. The molecule has 1 fully saturated rings. The van der Waals surface area contributed by atoms with Crippen LogP contribution in [0.1, 0.15) is 49.3 Å². The third-order valence-electron chi connectivity index (χ3n) is 4.19. The van der Waals surface area contributed by atoms with Gasteiger partial charge in [0.15, 0.2) is 0 Å². The van der Waals surface area contributed by atoms with Gasteiger partial charge in [-0.1, -0.05) is 13.8 Å². The van der Waals surface area contributed by atoms with Gasteiger partial charge in [-0.15, -0.1) is 0 Å². The van der Waals surface area contributed by atoms with Gasteiger partial charge in [0.1, 0.15) is 5.56 Å². The molecule has 1 amide bonds. The molecule has 2 heterocycles. The number of amides is 1. The van der Waals surface area contributed by atoms with E-state index in [1.54, 1.807) is 12.0 Å². The standard InChI is InChI=1S/C17H27N3O4/c1-6-12-13(7-2)18-19-15(21)14(12)16(22)20-8-11(9-23-5)24-17(3,4)10-20/h11H,6-10H2,1-5H3,(H,19,21)/t11-/m1/s1. The summed E-state index contributed by atoms with van der Waals surface area (Å²) in [7, 11) is 1.60. The van der Waals surface area contributed by atoms with Crippen LogP contribution in [0.2, 0.25) is 0 Å². The smallest absolute Gasteiger partial charge is 0.277 e. The molecule has 24 heavy (non-hydrogen) atoms. The van der Waals surface area contributed by atoms with Crippen molar-refractivity contribution in [3.05, 3.63) is 27.2 Å². The summed E-state index contributed by atoms with van der Waals surface area (Å²) in [4.78, 5) is 27.1. The maximum atomic E-state index is 13.1. The number of carbonyl (C=O) groups is 1. The molecule has 1 atom stereocenters. The first-order chi connectivity index (χ1) is 11.3. The minimum Gasteiger partial charge on any atom is -0.382 e. The number of aryl methyl sites for hydroxylation is 1. The summed E-state index contributed by atoms with van der Waals surface area (Å²) < 4.78 is 11.1. The molecule has 0 aliphatic carbocycles. The van der Waals surface area contributed by atoms with Gasteiger partial charge in [-0.2, -0.15) is 5.10 Å². The predicted molar refractivity (Wildman–Crippen MR) is 90.3 cm³/mol. The molecule has 1 saturated heterocycles. The maximum Gasteiger partial charge on any atom is 0.277 e. The van der Waals surface area contributed by atoms with Crippen molar-refractivity contribution in [2.24, 2.45) is 0 Å². The van der Waals surface area contributed by atoms with Crippen molar-refractivity contribution in [2.45, 2.75) is 52.2 Å². The zero-order valence-electron chi connectivity index (χ0n) is 15.1. The molecule has 1 aliphatic rings. The van der Waals surface area contributed by atoms with Crippen LogP contribution in [0.25, 0.3) is 0 Å². The Kier molecular flexibility index (Phi) is 5.77. The van der Waals surface area contributed by atoms with Crippen LogP contribution in [-0.4, -0.2) is 59.5 Å². The highest BCUT2D eigenvalue weighted by atomic mass is 16.5. The van der Waals surface area contributed by atoms with Crippen LogP contribution in [0, 0.1) is 0 Å². The van der Waals surface area contributed by atoms with E-state index in [1.165, 1.54) is 0 Å². The number of carbonyl (C=O) groups excluding carboxylic acids is 1. The average Bonchev–Trinajstić information content (AvgIpc) is 2.52. The van der Waals surface area contributed by atoms with Crippen LogP contribution in [-0.2, 0) is 22.3 Å². The van der Waals surface area contributed by atoms with E-state index in [0.29, 0.717) is 32.5 Å². The first-order valence-electron chi connectivity index (χ1n) is 8.39. The van der Waals surface area contributed by atoms with E-state index in [0.717, 1.165) is 11.3 Å². The van der Waals surface area contributed by atoms with Gasteiger partial charge < -0.3 is 14.4 Å². The zero-order chi connectivity index (χ0) is 17.9. The molecule has 2 rings (SSSR count). The Morgan fingerprint density at radius 3 is 2.71 bits per heavy atom. The molecular formula is C17H27N3O4. The number of ether oxygens (including phenoxy) is 2. The summed E-state index contributed by atoms with van der Waals surface area (Å²) in [5.41, 5.74) is 0.789. The van der Waals surface area contributed by atoms with E-state index >= 15 is 0 Å². The van der Waals surface area contributed by atoms with Crippen molar-refractivity contribution in [1.82, 2.24) is 15.1 Å². The number of nitrogens with one attached hydrogen (secondary N) is 1. The van der Waals surface area contributed by atoms with Crippen molar-refractivity contribution >= 4 is 5.91 Å². The Bertz CT molecular complexity index is 654. The van der Waals surface area contributed by atoms with Gasteiger partial charge in [-0.05, 0) is 32.3 Å². The molecule has 0 saturated carbocycles. The third kappa shape index (κ3) is 3.84. The normalized spacial score (nSPS) is 20.2. The molecule has 0 radical (unpaired) electrons. The fourth-order valence-electron chi connectivity index (χ4n) is 3.30. The predicted octanol–water partition coefficient (Wildman–Crippen LogP) is 1.16. The zero-order valence-corrected chi connectivity index (χ0v) is 15.1. The van der Waals surface area contributed by atoms with Gasteiger partial charge in [0.25, 0.3) is 11.5 Å². The molecular weight excluding hydrogens is 310 g/mol. The summed E-state index contributed by atoms with van der Waals surface area (Å²) in [6.07, 6.45) is 1.05. The van der Waals surface area contributed by atoms with E-state index in [4.69, 9.17) is 9.47 Å². The Balaban J connectivity index is 2.39. The van der Waals surface area contributed by atoms with Crippen molar-refractivity contribution < 1.29 is 14.3 Å². The molecule has 1 N–H and O–H groups in total. The van der Waals surface area contributed by atoms with Crippen molar-refractivity contribution in [2.75, 3.05) is 26.8 Å². The minimum atomic E-state index is -0.489. The number of aromatic nitrogens is 2. The second-order valence-corrected chi connectivity index (χ2v) is 6.70. The molecule has 0 spiro atoms. The summed E-state index contributed by atoms with van der Waals surface area (Å²) >= 11 is 0. The average molecular weight is 337 g/mol. The fraction of sp³-hybridized carbons (Fsp3) is 0.706. The number of hydrogen-bond donors (Lipinski definition) is 1. The second-order valence-electron chi connectivity index (χ2n) is 6.70. The lowest BCUT2D eigenvalue weighted by Crippen LogP contribution is -2.56. The molecule has 0 unspecified atom stereocenters. The van der Waals surface area contributed by atoms with Crippen molar-refractivity contribution in [3.63, 3.8) is 0 Å². The van der Waals surface area contributed by atoms with Crippen molar-refractivity contribution in [1.29, 1.82) is 0 Å². The topological polar surface area (TPSA) is 84.5 Å². The van der Waals surface area contributed by atoms with Gasteiger partial charge >= 0.3 is 0 Å². The SMILES string of the molecule is CCc1n[nH]c(=O)c(C(=O)N2C[C@H](COC)OC(C)(C)C2)c1CC. The summed E-state index contributed by atoms with van der Waals surface area (Å²) in [6, 6.07) is 0. The Morgan fingerprint density at radius 2 is 2.12 bits per heavy atom. The molecule has 7 nitrogen and oxygen atoms in total. The van der Waals surface area contributed by atoms with Gasteiger partial charge in [-0.3, -0.25) is 9.59 Å². The van der Waals surface area contributed by atoms with E-state index in [-0.39, 0.29) is 17.6 Å². The van der Waals surface area contributed by atoms with E-state index in [1.807, 2.05) is 27.7 Å². The highest BCUT2D eigenvalue weighted by molar-refractivity contribution is 5.95. The monoisotopic (exact) mass is 337 g/mol. The van der Waals surface area contributed by atoms with Crippen LogP contribution >= 0.6 is 0 Å². The van der Waals surface area contributed by atoms with E-state index in [2.05, 4.69) is 10.2 Å². The molecule has 7 heteroatoms. The third-order valence-corrected chi connectivity index (χ3v) is 4.19. The van der Waals surface area contributed by atoms with E-state index in [9.17, 15) is 9.59 Å². The van der Waals surface area contributed by atoms with Crippen LogP contribution in [0.15, 0.2) is 4.79 Å². The molecule has 0 bridgehead atoms. The molecule has 1 aromatic heterocycles. The Morgan fingerprint density at radius 1 is 1.42 bits per heavy atom. The number of nitrogens with zero attached hydrogens (tertiary/aromatic N) is 2. The second kappa shape index (κ2) is 7.44. The highest BCUT2D eigenvalue weighted by Crippen LogP contribution is 2.23. The van der Waals surface area contributed by atoms with Crippen LogP contribution in [0.5, 0.6) is 0 Å². The number of morpholine rings is 1. The number of rotatable bonds is 5.